The number of nitrogens with zero attached hydrogens (tertiary/aromatic N) is 1. The third-order valence-corrected chi connectivity index (χ3v) is 4.00. The molecule has 1 heterocycles. The molecule has 0 spiro atoms. The highest BCUT2D eigenvalue weighted by Gasteiger charge is 2.49. The van der Waals surface area contributed by atoms with E-state index in [9.17, 15) is 0 Å². The van der Waals surface area contributed by atoms with Gasteiger partial charge in [0, 0.05) is 0 Å². The van der Waals surface area contributed by atoms with Crippen molar-refractivity contribution in [1.82, 2.24) is 0 Å². The molecule has 1 aliphatic heterocycles. The van der Waals surface area contributed by atoms with Gasteiger partial charge in [0.25, 0.3) is 0 Å². The molecule has 2 fully saturated rings. The van der Waals surface area contributed by atoms with Crippen LogP contribution in [0.3, 0.4) is 0 Å². The highest BCUT2D eigenvalue weighted by molar-refractivity contribution is 5.70. The molecule has 92 valence electrons. The monoisotopic (exact) mass is 225 g/mol. The molecule has 0 aromatic heterocycles. The van der Waals surface area contributed by atoms with Crippen LogP contribution in [0.5, 0.6) is 0 Å². The number of rotatable bonds is 1. The van der Waals surface area contributed by atoms with Gasteiger partial charge in [-0.05, 0) is 40.5 Å². The normalized spacial score (nSPS) is 28.4. The van der Waals surface area contributed by atoms with Gasteiger partial charge in [0.05, 0.1) is 6.04 Å². The third kappa shape index (κ3) is 2.18. The second kappa shape index (κ2) is 3.94. The standard InChI is InChI=1S/C13H23NO2/c1-12(2)13(3,4)16-11(15-12)14-10-8-6-5-7-9-10/h10H,5-9H2,1-4H3. The van der Waals surface area contributed by atoms with Gasteiger partial charge in [-0.2, -0.15) is 0 Å². The maximum atomic E-state index is 5.79. The minimum Gasteiger partial charge on any atom is -0.440 e. The lowest BCUT2D eigenvalue weighted by Crippen LogP contribution is -2.41. The molecule has 0 aromatic rings. The first-order chi connectivity index (χ1) is 7.41. The summed E-state index contributed by atoms with van der Waals surface area (Å²) in [7, 11) is 0. The second-order valence-corrected chi connectivity index (χ2v) is 5.91. The average Bonchev–Trinajstić information content (AvgIpc) is 2.36. The van der Waals surface area contributed by atoms with Gasteiger partial charge in [-0.1, -0.05) is 19.3 Å². The van der Waals surface area contributed by atoms with E-state index in [1.165, 1.54) is 32.1 Å². The Morgan fingerprint density at radius 1 is 0.938 bits per heavy atom. The van der Waals surface area contributed by atoms with E-state index >= 15 is 0 Å². The Labute approximate surface area is 98.2 Å². The van der Waals surface area contributed by atoms with Crippen LogP contribution in [0.25, 0.3) is 0 Å². The van der Waals surface area contributed by atoms with E-state index in [4.69, 9.17) is 9.47 Å². The minimum absolute atomic E-state index is 0.291. The van der Waals surface area contributed by atoms with Gasteiger partial charge in [-0.25, -0.2) is 4.99 Å². The van der Waals surface area contributed by atoms with Crippen LogP contribution in [-0.2, 0) is 9.47 Å². The molecule has 2 rings (SSSR count). The summed E-state index contributed by atoms with van der Waals surface area (Å²) in [5.74, 6) is 0. The molecule has 0 atom stereocenters. The maximum Gasteiger partial charge on any atom is 0.385 e. The van der Waals surface area contributed by atoms with E-state index in [1.54, 1.807) is 0 Å². The number of hydrogen-bond donors (Lipinski definition) is 0. The summed E-state index contributed by atoms with van der Waals surface area (Å²) in [5, 5.41) is 0. The number of aliphatic imine (C=N–C) groups is 1. The Kier molecular flexibility index (Phi) is 2.89. The lowest BCUT2D eigenvalue weighted by Gasteiger charge is -2.28. The van der Waals surface area contributed by atoms with Gasteiger partial charge in [-0.15, -0.1) is 0 Å². The molecule has 16 heavy (non-hydrogen) atoms. The highest BCUT2D eigenvalue weighted by Crippen LogP contribution is 2.36. The molecule has 3 heteroatoms. The zero-order valence-corrected chi connectivity index (χ0v) is 10.9. The summed E-state index contributed by atoms with van der Waals surface area (Å²) in [6.45, 7) is 8.21. The van der Waals surface area contributed by atoms with Crippen LogP contribution in [0, 0.1) is 0 Å². The zero-order valence-electron chi connectivity index (χ0n) is 10.9. The van der Waals surface area contributed by atoms with E-state index < -0.39 is 0 Å². The molecule has 1 saturated heterocycles. The zero-order chi connectivity index (χ0) is 11.8. The molecule has 1 aliphatic carbocycles. The molecule has 0 aromatic carbocycles. The predicted octanol–water partition coefficient (Wildman–Crippen LogP) is 3.28. The maximum absolute atomic E-state index is 5.79. The van der Waals surface area contributed by atoms with Crippen LogP contribution in [0.4, 0.5) is 0 Å². The van der Waals surface area contributed by atoms with Crippen LogP contribution in [0.1, 0.15) is 59.8 Å². The Balaban J connectivity index is 2.04. The first kappa shape index (κ1) is 11.7. The smallest absolute Gasteiger partial charge is 0.385 e. The van der Waals surface area contributed by atoms with Crippen LogP contribution >= 0.6 is 0 Å². The van der Waals surface area contributed by atoms with Crippen molar-refractivity contribution in [3.8, 4) is 0 Å². The lowest BCUT2D eigenvalue weighted by atomic mass is 9.90. The van der Waals surface area contributed by atoms with Gasteiger partial charge in [-0.3, -0.25) is 0 Å². The minimum atomic E-state index is -0.291. The molecular formula is C13H23NO2. The quantitative estimate of drug-likeness (QED) is 0.685. The van der Waals surface area contributed by atoms with E-state index in [-0.39, 0.29) is 11.2 Å². The van der Waals surface area contributed by atoms with Crippen LogP contribution in [0.15, 0.2) is 4.99 Å². The first-order valence-electron chi connectivity index (χ1n) is 6.36. The SMILES string of the molecule is CC1(C)OC(=NC2CCCCC2)OC1(C)C. The van der Waals surface area contributed by atoms with Crippen LogP contribution in [-0.4, -0.2) is 23.3 Å². The third-order valence-electron chi connectivity index (χ3n) is 4.00. The molecule has 0 radical (unpaired) electrons. The summed E-state index contributed by atoms with van der Waals surface area (Å²) in [4.78, 5) is 4.60. The van der Waals surface area contributed by atoms with E-state index in [0.29, 0.717) is 12.1 Å². The molecule has 0 amide bonds. The first-order valence-corrected chi connectivity index (χ1v) is 6.36. The summed E-state index contributed by atoms with van der Waals surface area (Å²) < 4.78 is 11.6. The molecule has 0 unspecified atom stereocenters. The Morgan fingerprint density at radius 2 is 1.44 bits per heavy atom. The number of hydrogen-bond acceptors (Lipinski definition) is 3. The molecule has 3 nitrogen and oxygen atoms in total. The van der Waals surface area contributed by atoms with Crippen molar-refractivity contribution in [1.29, 1.82) is 0 Å². The van der Waals surface area contributed by atoms with Crippen molar-refractivity contribution in [2.24, 2.45) is 4.99 Å². The van der Waals surface area contributed by atoms with Crippen LogP contribution in [0.2, 0.25) is 0 Å². The molecule has 2 aliphatic rings. The van der Waals surface area contributed by atoms with Crippen molar-refractivity contribution < 1.29 is 9.47 Å². The van der Waals surface area contributed by atoms with E-state index in [0.717, 1.165) is 0 Å². The topological polar surface area (TPSA) is 30.8 Å². The van der Waals surface area contributed by atoms with Gasteiger partial charge >= 0.3 is 6.08 Å². The van der Waals surface area contributed by atoms with Gasteiger partial charge in [0.1, 0.15) is 11.2 Å². The summed E-state index contributed by atoms with van der Waals surface area (Å²) in [6, 6.07) is 0.411. The Morgan fingerprint density at radius 3 is 1.94 bits per heavy atom. The summed E-state index contributed by atoms with van der Waals surface area (Å²) in [6.07, 6.45) is 6.78. The predicted molar refractivity (Wildman–Crippen MR) is 64.6 cm³/mol. The van der Waals surface area contributed by atoms with Gasteiger partial charge < -0.3 is 9.47 Å². The van der Waals surface area contributed by atoms with Crippen LogP contribution < -0.4 is 0 Å². The molecular weight excluding hydrogens is 202 g/mol. The molecule has 0 N–H and O–H groups in total. The summed E-state index contributed by atoms with van der Waals surface area (Å²) in [5.41, 5.74) is -0.582. The van der Waals surface area contributed by atoms with Gasteiger partial charge in [0.2, 0.25) is 0 Å². The van der Waals surface area contributed by atoms with Crippen molar-refractivity contribution in [2.45, 2.75) is 77.0 Å². The fourth-order valence-electron chi connectivity index (χ4n) is 2.12. The lowest BCUT2D eigenvalue weighted by molar-refractivity contribution is 0.00578. The number of ether oxygens (including phenoxy) is 2. The fraction of sp³-hybridized carbons (Fsp3) is 0.923. The Bertz CT molecular complexity index is 270. The molecule has 0 bridgehead atoms. The summed E-state index contributed by atoms with van der Waals surface area (Å²) >= 11 is 0. The average molecular weight is 225 g/mol. The van der Waals surface area contributed by atoms with Gasteiger partial charge in [0.15, 0.2) is 0 Å². The highest BCUT2D eigenvalue weighted by atomic mass is 16.7. The van der Waals surface area contributed by atoms with Crippen molar-refractivity contribution in [2.75, 3.05) is 0 Å². The molecule has 1 saturated carbocycles. The fourth-order valence-corrected chi connectivity index (χ4v) is 2.12. The van der Waals surface area contributed by atoms with Crippen molar-refractivity contribution >= 4 is 6.08 Å². The van der Waals surface area contributed by atoms with Crippen molar-refractivity contribution in [3.05, 3.63) is 0 Å². The largest absolute Gasteiger partial charge is 0.440 e. The van der Waals surface area contributed by atoms with Crippen molar-refractivity contribution in [3.63, 3.8) is 0 Å². The second-order valence-electron chi connectivity index (χ2n) is 5.91. The van der Waals surface area contributed by atoms with E-state index in [2.05, 4.69) is 32.7 Å². The van der Waals surface area contributed by atoms with E-state index in [1.807, 2.05) is 0 Å². The Hall–Kier alpha value is -0.730.